The number of carbonyl (C=O) groups is 1. The number of hydrogen-bond donors (Lipinski definition) is 1. The van der Waals surface area contributed by atoms with Gasteiger partial charge in [-0.25, -0.2) is 18.3 Å². The number of amides is 1. The highest BCUT2D eigenvalue weighted by Crippen LogP contribution is 2.38. The lowest BCUT2D eigenvalue weighted by Crippen LogP contribution is -2.33. The monoisotopic (exact) mass is 496 g/mol. The minimum absolute atomic E-state index is 0.0507. The third-order valence-electron chi connectivity index (χ3n) is 6.21. The van der Waals surface area contributed by atoms with Crippen LogP contribution in [0.15, 0.2) is 42.6 Å². The first-order valence-corrected chi connectivity index (χ1v) is 11.7. The van der Waals surface area contributed by atoms with Gasteiger partial charge in [-0.05, 0) is 31.0 Å². The number of carbonyl (C=O) groups excluding carboxylic acids is 1. The Kier molecular flexibility index (Phi) is 5.92. The molecule has 1 atom stereocenters. The van der Waals surface area contributed by atoms with Gasteiger partial charge < -0.3 is 10.1 Å². The molecule has 2 aromatic heterocycles. The van der Waals surface area contributed by atoms with E-state index >= 15 is 0 Å². The summed E-state index contributed by atoms with van der Waals surface area (Å²) < 4.78 is 36.1. The van der Waals surface area contributed by atoms with Gasteiger partial charge in [0, 0.05) is 23.7 Å². The Morgan fingerprint density at radius 3 is 2.74 bits per heavy atom. The first kappa shape index (κ1) is 23.2. The van der Waals surface area contributed by atoms with Crippen molar-refractivity contribution >= 4 is 23.2 Å². The van der Waals surface area contributed by atoms with Crippen molar-refractivity contribution in [3.05, 3.63) is 81.8 Å². The van der Waals surface area contributed by atoms with E-state index in [0.29, 0.717) is 41.2 Å². The van der Waals surface area contributed by atoms with Gasteiger partial charge in [-0.1, -0.05) is 43.6 Å². The Morgan fingerprint density at radius 2 is 1.97 bits per heavy atom. The number of para-hydroxylation sites is 1. The summed E-state index contributed by atoms with van der Waals surface area (Å²) in [6.07, 6.45) is 2.10. The van der Waals surface area contributed by atoms with E-state index in [4.69, 9.17) is 16.3 Å². The fourth-order valence-corrected chi connectivity index (χ4v) is 4.86. The number of rotatable bonds is 4. The van der Waals surface area contributed by atoms with Crippen LogP contribution in [-0.2, 0) is 0 Å². The van der Waals surface area contributed by atoms with Crippen LogP contribution in [0.4, 0.5) is 8.78 Å². The van der Waals surface area contributed by atoms with Gasteiger partial charge in [0.05, 0.1) is 40.2 Å². The third-order valence-corrected chi connectivity index (χ3v) is 6.52. The fraction of sp³-hybridized carbons (Fsp3) is 0.269. The number of benzene rings is 2. The van der Waals surface area contributed by atoms with E-state index in [0.717, 1.165) is 17.4 Å². The highest BCUT2D eigenvalue weighted by molar-refractivity contribution is 6.33. The number of fused-ring (bicyclic) bond motifs is 2. The average Bonchev–Trinajstić information content (AvgIpc) is 3.16. The Labute approximate surface area is 205 Å². The van der Waals surface area contributed by atoms with Crippen LogP contribution in [0.1, 0.15) is 59.5 Å². The van der Waals surface area contributed by atoms with E-state index in [2.05, 4.69) is 15.4 Å². The summed E-state index contributed by atoms with van der Waals surface area (Å²) in [5, 5.41) is 7.70. The molecule has 0 bridgehead atoms. The van der Waals surface area contributed by atoms with Crippen LogP contribution < -0.4 is 10.1 Å². The molecule has 0 radical (unpaired) electrons. The zero-order valence-corrected chi connectivity index (χ0v) is 20.2. The van der Waals surface area contributed by atoms with Crippen molar-refractivity contribution in [1.82, 2.24) is 19.9 Å². The highest BCUT2D eigenvalue weighted by Gasteiger charge is 2.28. The molecule has 1 N–H and O–H groups in total. The maximum absolute atomic E-state index is 14.8. The zero-order valence-electron chi connectivity index (χ0n) is 19.4. The molecular formula is C26H23ClF2N4O2. The number of aryl methyl sites for hydroxylation is 1. The first-order valence-electron chi connectivity index (χ1n) is 11.3. The van der Waals surface area contributed by atoms with Gasteiger partial charge in [0.1, 0.15) is 5.75 Å². The number of hydrogen-bond acceptors (Lipinski definition) is 4. The molecule has 1 aliphatic rings. The number of nitrogens with zero attached hydrogens (tertiary/aromatic N) is 3. The summed E-state index contributed by atoms with van der Waals surface area (Å²) >= 11 is 6.25. The van der Waals surface area contributed by atoms with E-state index in [9.17, 15) is 13.6 Å². The maximum Gasteiger partial charge on any atom is 0.255 e. The Hall–Kier alpha value is -3.52. The predicted octanol–water partition coefficient (Wildman–Crippen LogP) is 6.01. The van der Waals surface area contributed by atoms with Crippen molar-refractivity contribution in [2.24, 2.45) is 0 Å². The number of halogens is 3. The van der Waals surface area contributed by atoms with Crippen molar-refractivity contribution in [2.45, 2.75) is 39.2 Å². The van der Waals surface area contributed by atoms with Crippen LogP contribution in [0.3, 0.4) is 0 Å². The van der Waals surface area contributed by atoms with E-state index in [1.54, 1.807) is 6.92 Å². The number of nitrogens with one attached hydrogen (secondary N) is 1. The van der Waals surface area contributed by atoms with E-state index < -0.39 is 11.6 Å². The Balaban J connectivity index is 1.61. The van der Waals surface area contributed by atoms with Crippen LogP contribution in [0.2, 0.25) is 5.02 Å². The number of ether oxygens (including phenoxy) is 1. The maximum atomic E-state index is 14.8. The summed E-state index contributed by atoms with van der Waals surface area (Å²) in [7, 11) is 0. The normalized spacial score (nSPS) is 15.2. The van der Waals surface area contributed by atoms with E-state index in [-0.39, 0.29) is 28.5 Å². The molecule has 2 aromatic carbocycles. The largest absolute Gasteiger partial charge is 0.493 e. The topological polar surface area (TPSA) is 68.5 Å². The molecule has 0 fully saturated rings. The van der Waals surface area contributed by atoms with Crippen LogP contribution in [0, 0.1) is 18.6 Å². The molecule has 180 valence electrons. The Bertz CT molecular complexity index is 1470. The standard InChI is InChI=1S/C26H23ClF2N4O2/c1-13(2)24-16(26(34)31-19-10-11-35-20-7-5-4-6-15(19)20)12-30-25-21(14(3)32-33(24)25)22-17(27)8-9-18(28)23(22)29/h4-9,12-13,19H,10-11H2,1-3H3,(H,31,34)/t19-/m0/s1. The second kappa shape index (κ2) is 8.92. The molecule has 1 aliphatic heterocycles. The van der Waals surface area contributed by atoms with Gasteiger partial charge >= 0.3 is 0 Å². The van der Waals surface area contributed by atoms with Crippen molar-refractivity contribution in [3.8, 4) is 16.9 Å². The second-order valence-electron chi connectivity index (χ2n) is 8.83. The molecule has 3 heterocycles. The molecular weight excluding hydrogens is 474 g/mol. The molecule has 4 aromatic rings. The van der Waals surface area contributed by atoms with Gasteiger partial charge in [0.15, 0.2) is 17.3 Å². The lowest BCUT2D eigenvalue weighted by molar-refractivity contribution is 0.0922. The summed E-state index contributed by atoms with van der Waals surface area (Å²) in [4.78, 5) is 17.9. The molecule has 9 heteroatoms. The first-order chi connectivity index (χ1) is 16.8. The van der Waals surface area contributed by atoms with Gasteiger partial charge in [-0.3, -0.25) is 4.79 Å². The van der Waals surface area contributed by atoms with Crippen LogP contribution in [0.25, 0.3) is 16.8 Å². The summed E-state index contributed by atoms with van der Waals surface area (Å²) in [5.74, 6) is -1.75. The van der Waals surface area contributed by atoms with Gasteiger partial charge in [-0.2, -0.15) is 5.10 Å². The lowest BCUT2D eigenvalue weighted by atomic mass is 9.99. The van der Waals surface area contributed by atoms with Crippen LogP contribution >= 0.6 is 11.6 Å². The quantitative estimate of drug-likeness (QED) is 0.351. The SMILES string of the molecule is Cc1nn2c(C(C)C)c(C(=O)N[C@H]3CCOc4ccccc43)cnc2c1-c1c(Cl)ccc(F)c1F. The van der Waals surface area contributed by atoms with Crippen molar-refractivity contribution in [3.63, 3.8) is 0 Å². The molecule has 0 saturated carbocycles. The number of aromatic nitrogens is 3. The predicted molar refractivity (Wildman–Crippen MR) is 129 cm³/mol. The molecule has 0 unspecified atom stereocenters. The van der Waals surface area contributed by atoms with E-state index in [1.807, 2.05) is 38.1 Å². The van der Waals surface area contributed by atoms with Gasteiger partial charge in [0.2, 0.25) is 0 Å². The van der Waals surface area contributed by atoms with Crippen LogP contribution in [0.5, 0.6) is 5.75 Å². The molecule has 5 rings (SSSR count). The zero-order chi connectivity index (χ0) is 24.9. The van der Waals surface area contributed by atoms with Crippen LogP contribution in [-0.4, -0.2) is 27.1 Å². The molecule has 35 heavy (non-hydrogen) atoms. The molecule has 1 amide bonds. The van der Waals surface area contributed by atoms with E-state index in [1.165, 1.54) is 16.8 Å². The summed E-state index contributed by atoms with van der Waals surface area (Å²) in [5.41, 5.74) is 2.79. The van der Waals surface area contributed by atoms with Crippen molar-refractivity contribution < 1.29 is 18.3 Å². The Morgan fingerprint density at radius 1 is 1.20 bits per heavy atom. The van der Waals surface area contributed by atoms with Crippen molar-refractivity contribution in [2.75, 3.05) is 6.61 Å². The summed E-state index contributed by atoms with van der Waals surface area (Å²) in [6, 6.07) is 9.68. The summed E-state index contributed by atoms with van der Waals surface area (Å²) in [6.45, 7) is 6.04. The fourth-order valence-electron chi connectivity index (χ4n) is 4.62. The second-order valence-corrected chi connectivity index (χ2v) is 9.23. The van der Waals surface area contributed by atoms with Crippen molar-refractivity contribution in [1.29, 1.82) is 0 Å². The van der Waals surface area contributed by atoms with Gasteiger partial charge in [-0.15, -0.1) is 0 Å². The minimum atomic E-state index is -1.07. The minimum Gasteiger partial charge on any atom is -0.493 e. The molecule has 0 spiro atoms. The highest BCUT2D eigenvalue weighted by atomic mass is 35.5. The average molecular weight is 497 g/mol. The smallest absolute Gasteiger partial charge is 0.255 e. The molecule has 6 nitrogen and oxygen atoms in total. The molecule has 0 aliphatic carbocycles. The molecule has 0 saturated heterocycles. The lowest BCUT2D eigenvalue weighted by Gasteiger charge is -2.27. The van der Waals surface area contributed by atoms with Gasteiger partial charge in [0.25, 0.3) is 5.91 Å². The third kappa shape index (κ3) is 3.91.